The number of fused-ring (bicyclic) bond motifs is 1. The van der Waals surface area contributed by atoms with Gasteiger partial charge < -0.3 is 9.30 Å². The maximum atomic E-state index is 8.25. The third kappa shape index (κ3) is 5.03. The second-order valence-corrected chi connectivity index (χ2v) is 11.6. The zero-order valence-corrected chi connectivity index (χ0v) is 23.1. The molecule has 4 aromatic rings. The van der Waals surface area contributed by atoms with Crippen molar-refractivity contribution in [3.05, 3.63) is 60.7 Å². The van der Waals surface area contributed by atoms with Crippen LogP contribution in [-0.4, -0.2) is 43.0 Å². The van der Waals surface area contributed by atoms with E-state index < -0.39 is 0 Å². The van der Waals surface area contributed by atoms with E-state index in [0.29, 0.717) is 11.8 Å². The molecule has 2 aromatic carbocycles. The largest absolute Gasteiger partial charge is 0.493 e. The molecule has 8 nitrogen and oxygen atoms in total. The molecule has 8 heteroatoms. The zero-order valence-electron chi connectivity index (χ0n) is 23.1. The molecule has 1 N–H and O–H groups in total. The Labute approximate surface area is 229 Å². The molecule has 1 atom stereocenters. The molecule has 200 valence electrons. The predicted molar refractivity (Wildman–Crippen MR) is 156 cm³/mol. The van der Waals surface area contributed by atoms with Gasteiger partial charge in [0.1, 0.15) is 30.1 Å². The number of aliphatic imine (C=N–C) groups is 1. The van der Waals surface area contributed by atoms with Crippen LogP contribution in [0.2, 0.25) is 0 Å². The molecule has 1 aliphatic carbocycles. The third-order valence-electron chi connectivity index (χ3n) is 7.56. The normalized spacial score (nSPS) is 17.9. The average Bonchev–Trinajstić information content (AvgIpc) is 3.48. The molecule has 0 radical (unpaired) electrons. The number of hydrogen-bond acceptors (Lipinski definition) is 5. The fourth-order valence-corrected chi connectivity index (χ4v) is 5.17. The topological polar surface area (TPSA) is 94.0 Å². The lowest BCUT2D eigenvalue weighted by Gasteiger charge is -2.25. The molecule has 0 bridgehead atoms. The van der Waals surface area contributed by atoms with E-state index in [-0.39, 0.29) is 11.5 Å². The van der Waals surface area contributed by atoms with Crippen LogP contribution in [0.1, 0.15) is 58.9 Å². The van der Waals surface area contributed by atoms with Crippen molar-refractivity contribution in [2.45, 2.75) is 58.9 Å². The molecule has 1 unspecified atom stereocenters. The van der Waals surface area contributed by atoms with Crippen LogP contribution in [0.25, 0.3) is 33.7 Å². The van der Waals surface area contributed by atoms with Crippen LogP contribution in [0.4, 0.5) is 0 Å². The number of nitrogens with one attached hydrogen (secondary N) is 1. The molecule has 6 rings (SSSR count). The van der Waals surface area contributed by atoms with E-state index in [2.05, 4.69) is 77.7 Å². The van der Waals surface area contributed by atoms with E-state index in [1.165, 1.54) is 12.8 Å². The van der Waals surface area contributed by atoms with E-state index in [1.54, 1.807) is 17.3 Å². The molecule has 2 aliphatic rings. The molecule has 39 heavy (non-hydrogen) atoms. The number of allylic oxidation sites excluding steroid dienone is 2. The Balaban J connectivity index is 1.49. The minimum Gasteiger partial charge on any atom is -0.493 e. The standard InChI is InChI=1S/C31H35N7O/c1-5-21-8-9-23(16-34-29(21)32)22-10-12-28-26(14-22)36-30(38(28)31(2,3)4)25-15-24(39-17-20-6-7-20)11-13-27(25)37-19-33-18-35-37/h9-16,18-21,32H,5-8,17H2,1-4H3. The molecule has 0 saturated heterocycles. The van der Waals surface area contributed by atoms with Crippen molar-refractivity contribution in [2.24, 2.45) is 16.8 Å². The number of rotatable bonds is 7. The first-order valence-electron chi connectivity index (χ1n) is 13.8. The summed E-state index contributed by atoms with van der Waals surface area (Å²) in [7, 11) is 0. The first-order chi connectivity index (χ1) is 18.8. The van der Waals surface area contributed by atoms with Crippen LogP contribution in [0.5, 0.6) is 5.75 Å². The van der Waals surface area contributed by atoms with Gasteiger partial charge in [0.2, 0.25) is 0 Å². The average molecular weight is 522 g/mol. The van der Waals surface area contributed by atoms with Crippen molar-refractivity contribution in [3.8, 4) is 22.8 Å². The summed E-state index contributed by atoms with van der Waals surface area (Å²) < 4.78 is 10.3. The molecule has 0 amide bonds. The van der Waals surface area contributed by atoms with E-state index in [1.807, 2.05) is 18.3 Å². The van der Waals surface area contributed by atoms with Gasteiger partial charge in [-0.1, -0.05) is 19.1 Å². The highest BCUT2D eigenvalue weighted by Crippen LogP contribution is 2.37. The number of imidazole rings is 1. The number of benzene rings is 2. The van der Waals surface area contributed by atoms with E-state index in [4.69, 9.17) is 15.1 Å². The molecule has 3 heterocycles. The number of amidine groups is 1. The monoisotopic (exact) mass is 521 g/mol. The SMILES string of the molecule is CCC1CC=C(c2ccc3c(c2)nc(-c2cc(OCC4CC4)ccc2-n2cncn2)n3C(C)(C)C)C=NC1=N. The van der Waals surface area contributed by atoms with Crippen LogP contribution in [-0.2, 0) is 5.54 Å². The highest BCUT2D eigenvalue weighted by molar-refractivity contribution is 6.15. The molecule has 1 fully saturated rings. The first kappa shape index (κ1) is 25.2. The fourth-order valence-electron chi connectivity index (χ4n) is 5.17. The molecule has 1 saturated carbocycles. The number of nitrogens with zero attached hydrogens (tertiary/aromatic N) is 6. The molecule has 2 aromatic heterocycles. The van der Waals surface area contributed by atoms with Crippen molar-refractivity contribution in [2.75, 3.05) is 6.61 Å². The lowest BCUT2D eigenvalue weighted by molar-refractivity contribution is 0.300. The zero-order chi connectivity index (χ0) is 27.1. The Morgan fingerprint density at radius 2 is 1.95 bits per heavy atom. The van der Waals surface area contributed by atoms with Crippen LogP contribution in [0, 0.1) is 17.2 Å². The predicted octanol–water partition coefficient (Wildman–Crippen LogP) is 6.69. The highest BCUT2D eigenvalue weighted by atomic mass is 16.5. The van der Waals surface area contributed by atoms with Crippen molar-refractivity contribution < 1.29 is 4.74 Å². The van der Waals surface area contributed by atoms with Gasteiger partial charge in [-0.3, -0.25) is 5.41 Å². The lowest BCUT2D eigenvalue weighted by atomic mass is 9.99. The summed E-state index contributed by atoms with van der Waals surface area (Å²) in [5, 5.41) is 12.7. The summed E-state index contributed by atoms with van der Waals surface area (Å²) in [6.07, 6.45) is 11.5. The van der Waals surface area contributed by atoms with Crippen molar-refractivity contribution >= 4 is 28.7 Å². The molecule has 1 aliphatic heterocycles. The Hall–Kier alpha value is -4.07. The lowest BCUT2D eigenvalue weighted by Crippen LogP contribution is -2.23. The van der Waals surface area contributed by atoms with Gasteiger partial charge in [-0.15, -0.1) is 0 Å². The van der Waals surface area contributed by atoms with Crippen LogP contribution in [0.3, 0.4) is 0 Å². The van der Waals surface area contributed by atoms with Crippen LogP contribution < -0.4 is 4.74 Å². The Morgan fingerprint density at radius 1 is 1.10 bits per heavy atom. The summed E-state index contributed by atoms with van der Waals surface area (Å²) in [5.74, 6) is 2.97. The molecular weight excluding hydrogens is 486 g/mol. The quantitative estimate of drug-likeness (QED) is 0.293. The van der Waals surface area contributed by atoms with Gasteiger partial charge in [-0.25, -0.2) is 19.6 Å². The van der Waals surface area contributed by atoms with Gasteiger partial charge >= 0.3 is 0 Å². The smallest absolute Gasteiger partial charge is 0.143 e. The second kappa shape index (κ2) is 9.91. The summed E-state index contributed by atoms with van der Waals surface area (Å²) in [5.41, 5.74) is 5.66. The number of hydrogen-bond donors (Lipinski definition) is 1. The summed E-state index contributed by atoms with van der Waals surface area (Å²) in [6.45, 7) is 9.45. The van der Waals surface area contributed by atoms with E-state index >= 15 is 0 Å². The summed E-state index contributed by atoms with van der Waals surface area (Å²) in [4.78, 5) is 13.9. The number of ether oxygens (including phenoxy) is 1. The van der Waals surface area contributed by atoms with Crippen LogP contribution in [0.15, 0.2) is 60.1 Å². The van der Waals surface area contributed by atoms with Gasteiger partial charge in [0, 0.05) is 23.2 Å². The van der Waals surface area contributed by atoms with E-state index in [0.717, 1.165) is 64.4 Å². The second-order valence-electron chi connectivity index (χ2n) is 11.6. The third-order valence-corrected chi connectivity index (χ3v) is 7.56. The van der Waals surface area contributed by atoms with Gasteiger partial charge in [0.25, 0.3) is 0 Å². The highest BCUT2D eigenvalue weighted by Gasteiger charge is 2.26. The van der Waals surface area contributed by atoms with Gasteiger partial charge in [-0.2, -0.15) is 5.10 Å². The maximum Gasteiger partial charge on any atom is 0.143 e. The number of aromatic nitrogens is 5. The molecular formula is C31H35N7O. The minimum absolute atomic E-state index is 0.166. The van der Waals surface area contributed by atoms with Crippen molar-refractivity contribution in [3.63, 3.8) is 0 Å². The van der Waals surface area contributed by atoms with Crippen molar-refractivity contribution in [1.82, 2.24) is 24.3 Å². The molecule has 0 spiro atoms. The van der Waals surface area contributed by atoms with Gasteiger partial charge in [-0.05, 0) is 93.8 Å². The van der Waals surface area contributed by atoms with Gasteiger partial charge in [0.05, 0.1) is 23.3 Å². The van der Waals surface area contributed by atoms with E-state index in [9.17, 15) is 0 Å². The van der Waals surface area contributed by atoms with Crippen molar-refractivity contribution in [1.29, 1.82) is 5.41 Å². The summed E-state index contributed by atoms with van der Waals surface area (Å²) >= 11 is 0. The minimum atomic E-state index is -0.234. The van der Waals surface area contributed by atoms with Crippen LogP contribution >= 0.6 is 0 Å². The Morgan fingerprint density at radius 3 is 2.67 bits per heavy atom. The maximum absolute atomic E-state index is 8.25. The first-order valence-corrected chi connectivity index (χ1v) is 13.8. The Bertz CT molecular complexity index is 1580. The fraction of sp³-hybridized carbons (Fsp3) is 0.387. The Kier molecular flexibility index (Phi) is 6.41. The summed E-state index contributed by atoms with van der Waals surface area (Å²) in [6, 6.07) is 12.5. The van der Waals surface area contributed by atoms with Gasteiger partial charge in [0.15, 0.2) is 0 Å².